The van der Waals surface area contributed by atoms with Crippen molar-refractivity contribution in [1.82, 2.24) is 9.78 Å². The van der Waals surface area contributed by atoms with E-state index >= 15 is 0 Å². The van der Waals surface area contributed by atoms with Crippen LogP contribution in [-0.2, 0) is 6.54 Å². The van der Waals surface area contributed by atoms with Gasteiger partial charge in [0, 0.05) is 11.9 Å². The molecule has 8 heteroatoms. The Kier molecular flexibility index (Phi) is 5.52. The Morgan fingerprint density at radius 3 is 2.50 bits per heavy atom. The molecular weight excluding hydrogens is 403 g/mol. The number of halogens is 2. The number of hydrogen-bond acceptors (Lipinski definition) is 3. The number of aromatic nitrogens is 2. The Labute approximate surface area is 158 Å². The van der Waals surface area contributed by atoms with Gasteiger partial charge in [-0.1, -0.05) is 12.1 Å². The van der Waals surface area contributed by atoms with E-state index in [1.165, 1.54) is 12.1 Å². The van der Waals surface area contributed by atoms with Crippen LogP contribution in [0.1, 0.15) is 5.56 Å². The highest BCUT2D eigenvalue weighted by molar-refractivity contribution is 9.10. The van der Waals surface area contributed by atoms with Gasteiger partial charge >= 0.3 is 6.03 Å². The topological polar surface area (TPSA) is 68.2 Å². The number of hydrogen-bond donors (Lipinski definition) is 2. The van der Waals surface area contributed by atoms with Gasteiger partial charge in [0.15, 0.2) is 5.82 Å². The molecule has 2 aromatic carbocycles. The van der Waals surface area contributed by atoms with Gasteiger partial charge in [0.2, 0.25) is 0 Å². The summed E-state index contributed by atoms with van der Waals surface area (Å²) >= 11 is 3.37. The summed E-state index contributed by atoms with van der Waals surface area (Å²) in [5.41, 5.74) is 1.53. The van der Waals surface area contributed by atoms with Crippen LogP contribution in [0, 0.1) is 5.82 Å². The summed E-state index contributed by atoms with van der Waals surface area (Å²) in [7, 11) is 1.58. The van der Waals surface area contributed by atoms with E-state index in [4.69, 9.17) is 4.74 Å². The Balaban J connectivity index is 1.62. The van der Waals surface area contributed by atoms with Crippen molar-refractivity contribution in [2.45, 2.75) is 6.54 Å². The molecule has 0 spiro atoms. The van der Waals surface area contributed by atoms with Gasteiger partial charge in [-0.2, -0.15) is 5.10 Å². The van der Waals surface area contributed by atoms with Crippen LogP contribution in [-0.4, -0.2) is 22.9 Å². The van der Waals surface area contributed by atoms with Crippen molar-refractivity contribution < 1.29 is 13.9 Å². The van der Waals surface area contributed by atoms with Crippen LogP contribution in [0.3, 0.4) is 0 Å². The number of anilines is 2. The molecule has 0 aliphatic carbocycles. The lowest BCUT2D eigenvalue weighted by Crippen LogP contribution is -2.20. The highest BCUT2D eigenvalue weighted by atomic mass is 79.9. The van der Waals surface area contributed by atoms with Crippen molar-refractivity contribution in [1.29, 1.82) is 0 Å². The number of rotatable bonds is 5. The maximum atomic E-state index is 13.0. The molecule has 1 heterocycles. The summed E-state index contributed by atoms with van der Waals surface area (Å²) in [6, 6.07) is 12.7. The monoisotopic (exact) mass is 418 g/mol. The van der Waals surface area contributed by atoms with Gasteiger partial charge in [-0.05, 0) is 57.9 Å². The number of ether oxygens (including phenoxy) is 1. The summed E-state index contributed by atoms with van der Waals surface area (Å²) in [5.74, 6) is 0.810. The lowest BCUT2D eigenvalue weighted by atomic mass is 10.2. The third kappa shape index (κ3) is 4.60. The predicted molar refractivity (Wildman–Crippen MR) is 101 cm³/mol. The average molecular weight is 419 g/mol. The minimum absolute atomic E-state index is 0.284. The molecule has 2 N–H and O–H groups in total. The molecule has 26 heavy (non-hydrogen) atoms. The standard InChI is InChI=1S/C18H16BrFN4O2/c1-26-15-8-6-14(7-9-15)21-18(25)22-17-16(19)11-24(23-17)10-12-2-4-13(20)5-3-12/h2-9,11H,10H2,1H3,(H2,21,22,23,25). The van der Waals surface area contributed by atoms with Crippen LogP contribution in [0.4, 0.5) is 20.7 Å². The fourth-order valence-electron chi connectivity index (χ4n) is 2.28. The second-order valence-electron chi connectivity index (χ2n) is 5.46. The Bertz CT molecular complexity index is 895. The zero-order valence-corrected chi connectivity index (χ0v) is 15.5. The number of methoxy groups -OCH3 is 1. The van der Waals surface area contributed by atoms with Crippen LogP contribution >= 0.6 is 15.9 Å². The van der Waals surface area contributed by atoms with Crippen molar-refractivity contribution >= 4 is 33.5 Å². The molecule has 3 rings (SSSR count). The molecular formula is C18H16BrFN4O2. The number of amides is 2. The lowest BCUT2D eigenvalue weighted by Gasteiger charge is -2.07. The normalized spacial score (nSPS) is 10.4. The molecule has 0 atom stereocenters. The Hall–Kier alpha value is -2.87. The molecule has 2 amide bonds. The van der Waals surface area contributed by atoms with Gasteiger partial charge in [0.1, 0.15) is 11.6 Å². The molecule has 0 fully saturated rings. The van der Waals surface area contributed by atoms with E-state index in [0.717, 1.165) is 5.56 Å². The van der Waals surface area contributed by atoms with Crippen LogP contribution in [0.25, 0.3) is 0 Å². The predicted octanol–water partition coefficient (Wildman–Crippen LogP) is 4.49. The smallest absolute Gasteiger partial charge is 0.324 e. The molecule has 0 saturated heterocycles. The largest absolute Gasteiger partial charge is 0.497 e. The Morgan fingerprint density at radius 1 is 1.15 bits per heavy atom. The van der Waals surface area contributed by atoms with Crippen LogP contribution < -0.4 is 15.4 Å². The van der Waals surface area contributed by atoms with Gasteiger partial charge in [0.25, 0.3) is 0 Å². The molecule has 0 radical (unpaired) electrons. The average Bonchev–Trinajstić information content (AvgIpc) is 2.96. The molecule has 6 nitrogen and oxygen atoms in total. The molecule has 0 saturated carbocycles. The van der Waals surface area contributed by atoms with Crippen molar-refractivity contribution in [3.8, 4) is 5.75 Å². The summed E-state index contributed by atoms with van der Waals surface area (Å²) in [4.78, 5) is 12.1. The number of urea groups is 1. The molecule has 1 aromatic heterocycles. The molecule has 0 aliphatic rings. The summed E-state index contributed by atoms with van der Waals surface area (Å²) in [6.07, 6.45) is 1.74. The van der Waals surface area contributed by atoms with Gasteiger partial charge < -0.3 is 10.1 Å². The van der Waals surface area contributed by atoms with E-state index in [0.29, 0.717) is 28.3 Å². The molecule has 0 bridgehead atoms. The van der Waals surface area contributed by atoms with Gasteiger partial charge in [-0.15, -0.1) is 0 Å². The van der Waals surface area contributed by atoms with Crippen molar-refractivity contribution in [2.24, 2.45) is 0 Å². The van der Waals surface area contributed by atoms with Crippen LogP contribution in [0.5, 0.6) is 5.75 Å². The number of nitrogens with one attached hydrogen (secondary N) is 2. The fourth-order valence-corrected chi connectivity index (χ4v) is 2.70. The zero-order valence-electron chi connectivity index (χ0n) is 13.9. The van der Waals surface area contributed by atoms with E-state index in [1.807, 2.05) is 0 Å². The van der Waals surface area contributed by atoms with E-state index in [2.05, 4.69) is 31.7 Å². The summed E-state index contributed by atoms with van der Waals surface area (Å²) in [6.45, 7) is 0.459. The number of benzene rings is 2. The highest BCUT2D eigenvalue weighted by Gasteiger charge is 2.11. The second kappa shape index (κ2) is 8.01. The third-order valence-corrected chi connectivity index (χ3v) is 4.14. The minimum Gasteiger partial charge on any atom is -0.497 e. The first kappa shape index (κ1) is 17.9. The lowest BCUT2D eigenvalue weighted by molar-refractivity contribution is 0.262. The SMILES string of the molecule is COc1ccc(NC(=O)Nc2nn(Cc3ccc(F)cc3)cc2Br)cc1. The van der Waals surface area contributed by atoms with Crippen molar-refractivity contribution in [3.05, 3.63) is 70.6 Å². The highest BCUT2D eigenvalue weighted by Crippen LogP contribution is 2.21. The van der Waals surface area contributed by atoms with Crippen LogP contribution in [0.2, 0.25) is 0 Å². The number of carbonyl (C=O) groups is 1. The van der Waals surface area contributed by atoms with Crippen LogP contribution in [0.15, 0.2) is 59.2 Å². The van der Waals surface area contributed by atoms with E-state index in [1.54, 1.807) is 54.4 Å². The first-order valence-electron chi connectivity index (χ1n) is 7.73. The molecule has 3 aromatic rings. The molecule has 0 unspecified atom stereocenters. The van der Waals surface area contributed by atoms with E-state index in [-0.39, 0.29) is 5.82 Å². The molecule has 134 valence electrons. The number of carbonyl (C=O) groups excluding carboxylic acids is 1. The molecule has 0 aliphatic heterocycles. The van der Waals surface area contributed by atoms with Crippen molar-refractivity contribution in [3.63, 3.8) is 0 Å². The van der Waals surface area contributed by atoms with Gasteiger partial charge in [-0.25, -0.2) is 9.18 Å². The van der Waals surface area contributed by atoms with Gasteiger partial charge in [-0.3, -0.25) is 10.00 Å². The minimum atomic E-state index is -0.414. The summed E-state index contributed by atoms with van der Waals surface area (Å²) in [5, 5.41) is 9.72. The fraction of sp³-hybridized carbons (Fsp3) is 0.111. The van der Waals surface area contributed by atoms with E-state index < -0.39 is 6.03 Å². The maximum Gasteiger partial charge on any atom is 0.324 e. The first-order valence-corrected chi connectivity index (χ1v) is 8.52. The first-order chi connectivity index (χ1) is 12.5. The third-order valence-electron chi connectivity index (χ3n) is 3.55. The van der Waals surface area contributed by atoms with Crippen molar-refractivity contribution in [2.75, 3.05) is 17.7 Å². The number of nitrogens with zero attached hydrogens (tertiary/aromatic N) is 2. The zero-order chi connectivity index (χ0) is 18.5. The van der Waals surface area contributed by atoms with E-state index in [9.17, 15) is 9.18 Å². The van der Waals surface area contributed by atoms with Gasteiger partial charge in [0.05, 0.1) is 18.1 Å². The summed E-state index contributed by atoms with van der Waals surface area (Å²) < 4.78 is 20.3. The quantitative estimate of drug-likeness (QED) is 0.641. The second-order valence-corrected chi connectivity index (χ2v) is 6.31. The maximum absolute atomic E-state index is 13.0. The Morgan fingerprint density at radius 2 is 1.85 bits per heavy atom.